The maximum Gasteiger partial charge on any atom is 0.170 e. The minimum atomic E-state index is -0.644. The van der Waals surface area contributed by atoms with Crippen LogP contribution in [0.1, 0.15) is 70.5 Å². The van der Waals surface area contributed by atoms with E-state index < -0.39 is 5.60 Å². The summed E-state index contributed by atoms with van der Waals surface area (Å²) in [6.07, 6.45) is 10.2. The zero-order valence-electron chi connectivity index (χ0n) is 13.6. The molecular weight excluding hydrogens is 264 g/mol. The highest BCUT2D eigenvalue weighted by Gasteiger charge is 2.34. The van der Waals surface area contributed by atoms with Gasteiger partial charge >= 0.3 is 0 Å². The molecule has 1 aliphatic carbocycles. The molecule has 0 unspecified atom stereocenters. The highest BCUT2D eigenvalue weighted by Crippen LogP contribution is 2.28. The van der Waals surface area contributed by atoms with E-state index in [0.717, 1.165) is 5.69 Å². The molecule has 1 saturated carbocycles. The van der Waals surface area contributed by atoms with Crippen molar-refractivity contribution in [1.29, 1.82) is 0 Å². The number of methoxy groups -OCH3 is 1. The first-order valence-corrected chi connectivity index (χ1v) is 8.27. The van der Waals surface area contributed by atoms with Crippen LogP contribution in [0, 0.1) is 0 Å². The first kappa shape index (κ1) is 16.2. The van der Waals surface area contributed by atoms with Gasteiger partial charge in [0, 0.05) is 13.3 Å². The Labute approximate surface area is 127 Å². The SMILES string of the molecule is CCC(CC)(OC)C(=O)Cc1ccn(C2CCCCC2)n1. The number of ketones is 1. The second-order valence-electron chi connectivity index (χ2n) is 6.08. The van der Waals surface area contributed by atoms with Gasteiger partial charge in [-0.2, -0.15) is 5.10 Å². The largest absolute Gasteiger partial charge is 0.370 e. The molecule has 0 aromatic carbocycles. The van der Waals surface area contributed by atoms with Gasteiger partial charge in [0.1, 0.15) is 5.60 Å². The minimum Gasteiger partial charge on any atom is -0.370 e. The fourth-order valence-corrected chi connectivity index (χ4v) is 3.39. The van der Waals surface area contributed by atoms with Crippen molar-refractivity contribution in [2.45, 2.75) is 76.9 Å². The summed E-state index contributed by atoms with van der Waals surface area (Å²) in [4.78, 5) is 12.5. The van der Waals surface area contributed by atoms with Crippen LogP contribution in [0.25, 0.3) is 0 Å². The lowest BCUT2D eigenvalue weighted by Gasteiger charge is -2.28. The van der Waals surface area contributed by atoms with Gasteiger partial charge in [0.15, 0.2) is 5.78 Å². The summed E-state index contributed by atoms with van der Waals surface area (Å²) in [6, 6.07) is 2.50. The fraction of sp³-hybridized carbons (Fsp3) is 0.765. The molecule has 1 aromatic rings. The van der Waals surface area contributed by atoms with Gasteiger partial charge in [0.25, 0.3) is 0 Å². The van der Waals surface area contributed by atoms with Gasteiger partial charge in [0.2, 0.25) is 0 Å². The molecule has 1 aromatic heterocycles. The van der Waals surface area contributed by atoms with Gasteiger partial charge in [-0.25, -0.2) is 0 Å². The van der Waals surface area contributed by atoms with Crippen molar-refractivity contribution in [2.24, 2.45) is 0 Å². The average molecular weight is 292 g/mol. The van der Waals surface area contributed by atoms with Gasteiger partial charge in [0.05, 0.1) is 18.2 Å². The van der Waals surface area contributed by atoms with Crippen molar-refractivity contribution in [2.75, 3.05) is 7.11 Å². The summed E-state index contributed by atoms with van der Waals surface area (Å²) in [6.45, 7) is 4.01. The lowest BCUT2D eigenvalue weighted by Crippen LogP contribution is -2.40. The van der Waals surface area contributed by atoms with Crippen molar-refractivity contribution < 1.29 is 9.53 Å². The average Bonchev–Trinajstić information content (AvgIpc) is 2.99. The Balaban J connectivity index is 2.03. The van der Waals surface area contributed by atoms with E-state index in [1.54, 1.807) is 7.11 Å². The zero-order chi connectivity index (χ0) is 15.3. The van der Waals surface area contributed by atoms with E-state index in [2.05, 4.69) is 9.78 Å². The van der Waals surface area contributed by atoms with Crippen LogP contribution in [0.2, 0.25) is 0 Å². The van der Waals surface area contributed by atoms with Gasteiger partial charge in [-0.3, -0.25) is 9.48 Å². The van der Waals surface area contributed by atoms with Crippen LogP contribution in [0.3, 0.4) is 0 Å². The molecule has 4 nitrogen and oxygen atoms in total. The molecule has 118 valence electrons. The second kappa shape index (κ2) is 7.21. The quantitative estimate of drug-likeness (QED) is 0.769. The topological polar surface area (TPSA) is 44.1 Å². The third kappa shape index (κ3) is 3.54. The van der Waals surface area contributed by atoms with E-state index in [-0.39, 0.29) is 5.78 Å². The predicted molar refractivity (Wildman–Crippen MR) is 83.4 cm³/mol. The number of Topliss-reactive ketones (excluding diaryl/α,β-unsaturated/α-hetero) is 1. The number of aromatic nitrogens is 2. The predicted octanol–water partition coefficient (Wildman–Crippen LogP) is 3.71. The number of carbonyl (C=O) groups is 1. The molecule has 0 saturated heterocycles. The normalized spacial score (nSPS) is 17.1. The molecule has 0 aliphatic heterocycles. The van der Waals surface area contributed by atoms with E-state index in [1.165, 1.54) is 32.1 Å². The van der Waals surface area contributed by atoms with Crippen molar-refractivity contribution in [1.82, 2.24) is 9.78 Å². The molecule has 0 atom stereocenters. The summed E-state index contributed by atoms with van der Waals surface area (Å²) in [5.41, 5.74) is 0.225. The summed E-state index contributed by atoms with van der Waals surface area (Å²) in [5.74, 6) is 0.142. The molecular formula is C17H28N2O2. The van der Waals surface area contributed by atoms with Gasteiger partial charge in [-0.1, -0.05) is 33.1 Å². The van der Waals surface area contributed by atoms with E-state index in [9.17, 15) is 4.79 Å². The molecule has 0 N–H and O–H groups in total. The van der Waals surface area contributed by atoms with Crippen molar-refractivity contribution >= 4 is 5.78 Å². The van der Waals surface area contributed by atoms with Crippen molar-refractivity contribution in [3.63, 3.8) is 0 Å². The third-order valence-corrected chi connectivity index (χ3v) is 5.00. The van der Waals surface area contributed by atoms with Crippen LogP contribution in [0.15, 0.2) is 12.3 Å². The molecule has 1 heterocycles. The number of nitrogens with zero attached hydrogens (tertiary/aromatic N) is 2. The van der Waals surface area contributed by atoms with Crippen LogP contribution in [0.4, 0.5) is 0 Å². The van der Waals surface area contributed by atoms with Gasteiger partial charge in [-0.05, 0) is 31.7 Å². The molecule has 0 bridgehead atoms. The molecule has 2 rings (SSSR count). The van der Waals surface area contributed by atoms with Gasteiger partial charge < -0.3 is 4.74 Å². The lowest BCUT2D eigenvalue weighted by atomic mass is 9.89. The second-order valence-corrected chi connectivity index (χ2v) is 6.08. The number of rotatable bonds is 7. The van der Waals surface area contributed by atoms with Crippen molar-refractivity contribution in [3.8, 4) is 0 Å². The van der Waals surface area contributed by atoms with E-state index in [1.807, 2.05) is 26.1 Å². The first-order chi connectivity index (χ1) is 10.1. The smallest absolute Gasteiger partial charge is 0.170 e. The molecule has 0 spiro atoms. The molecule has 0 amide bonds. The third-order valence-electron chi connectivity index (χ3n) is 5.00. The van der Waals surface area contributed by atoms with Crippen LogP contribution in [0.5, 0.6) is 0 Å². The molecule has 1 aliphatic rings. The maximum absolute atomic E-state index is 12.5. The summed E-state index contributed by atoms with van der Waals surface area (Å²) in [7, 11) is 1.63. The summed E-state index contributed by atoms with van der Waals surface area (Å²) in [5, 5.41) is 4.63. The molecule has 4 heteroatoms. The Kier molecular flexibility index (Phi) is 5.57. The van der Waals surface area contributed by atoms with E-state index >= 15 is 0 Å². The number of carbonyl (C=O) groups excluding carboxylic acids is 1. The molecule has 21 heavy (non-hydrogen) atoms. The van der Waals surface area contributed by atoms with E-state index in [0.29, 0.717) is 25.3 Å². The summed E-state index contributed by atoms with van der Waals surface area (Å²) >= 11 is 0. The Hall–Kier alpha value is -1.16. The zero-order valence-corrected chi connectivity index (χ0v) is 13.6. The lowest BCUT2D eigenvalue weighted by molar-refractivity contribution is -0.141. The Bertz CT molecular complexity index is 449. The molecule has 0 radical (unpaired) electrons. The Morgan fingerprint density at radius 2 is 2.00 bits per heavy atom. The van der Waals surface area contributed by atoms with Crippen molar-refractivity contribution in [3.05, 3.63) is 18.0 Å². The van der Waals surface area contributed by atoms with Crippen LogP contribution in [-0.2, 0) is 16.0 Å². The fourth-order valence-electron chi connectivity index (χ4n) is 3.39. The minimum absolute atomic E-state index is 0.142. The standard InChI is InChI=1S/C17H28N2O2/c1-4-17(5-2,21-3)16(20)13-14-11-12-19(18-14)15-9-7-6-8-10-15/h11-12,15H,4-10,13H2,1-3H3. The number of ether oxygens (including phenoxy) is 1. The van der Waals surface area contributed by atoms with Gasteiger partial charge in [-0.15, -0.1) is 0 Å². The highest BCUT2D eigenvalue weighted by molar-refractivity contribution is 5.88. The number of hydrogen-bond donors (Lipinski definition) is 0. The van der Waals surface area contributed by atoms with Crippen LogP contribution in [-0.4, -0.2) is 28.3 Å². The molecule has 1 fully saturated rings. The van der Waals surface area contributed by atoms with E-state index in [4.69, 9.17) is 4.74 Å². The van der Waals surface area contributed by atoms with Crippen LogP contribution < -0.4 is 0 Å². The first-order valence-electron chi connectivity index (χ1n) is 8.27. The highest BCUT2D eigenvalue weighted by atomic mass is 16.5. The Morgan fingerprint density at radius 3 is 2.57 bits per heavy atom. The Morgan fingerprint density at radius 1 is 1.33 bits per heavy atom. The van der Waals surface area contributed by atoms with Crippen LogP contribution >= 0.6 is 0 Å². The number of hydrogen-bond acceptors (Lipinski definition) is 3. The monoisotopic (exact) mass is 292 g/mol. The maximum atomic E-state index is 12.5. The summed E-state index contributed by atoms with van der Waals surface area (Å²) < 4.78 is 7.57.